The van der Waals surface area contributed by atoms with Crippen LogP contribution < -0.4 is 0 Å². The van der Waals surface area contributed by atoms with E-state index in [0.717, 1.165) is 0 Å². The first-order valence-electron chi connectivity index (χ1n) is 2.26. The summed E-state index contributed by atoms with van der Waals surface area (Å²) in [5.41, 5.74) is -0.789. The van der Waals surface area contributed by atoms with E-state index >= 15 is 0 Å². The Kier molecular flexibility index (Phi) is 4.10. The molecule has 0 rings (SSSR count). The van der Waals surface area contributed by atoms with Gasteiger partial charge in [-0.3, -0.25) is 0 Å². The number of carbonyl (C=O) groups is 1. The molecule has 0 N–H and O–H groups in total. The monoisotopic (exact) mass is 224 g/mol. The third-order valence-electron chi connectivity index (χ3n) is 0.501. The summed E-state index contributed by atoms with van der Waals surface area (Å²) in [5.74, 6) is -0.972. The van der Waals surface area contributed by atoms with Gasteiger partial charge in [0.1, 0.15) is 0 Å². The Balaban J connectivity index is 3.87. The molecule has 0 aromatic carbocycles. The Bertz CT molecular complexity index is 128. The average Bonchev–Trinajstić information content (AvgIpc) is 1.60. The van der Waals surface area contributed by atoms with Crippen molar-refractivity contribution in [3.8, 4) is 0 Å². The second kappa shape index (κ2) is 3.86. The first-order chi connectivity index (χ1) is 4.34. The van der Waals surface area contributed by atoms with Crippen molar-refractivity contribution in [2.75, 3.05) is 0 Å². The lowest BCUT2D eigenvalue weighted by atomic mass is 10.7. The zero-order valence-corrected chi connectivity index (χ0v) is 7.93. The van der Waals surface area contributed by atoms with Crippen LogP contribution in [-0.2, 0) is 9.53 Å². The molecule has 1 unspecified atom stereocenters. The molecule has 0 aromatic rings. The van der Waals surface area contributed by atoms with Crippen molar-refractivity contribution in [3.63, 3.8) is 0 Å². The molecule has 1 atom stereocenters. The third kappa shape index (κ3) is 4.45. The molecule has 60 valence electrons. The quantitative estimate of drug-likeness (QED) is 0.507. The molecule has 0 bridgehead atoms. The third-order valence-corrected chi connectivity index (χ3v) is 1.05. The Labute approximate surface area is 78.3 Å². The molecule has 0 aromatic heterocycles. The average molecular weight is 226 g/mol. The van der Waals surface area contributed by atoms with Crippen LogP contribution in [0.4, 0.5) is 0 Å². The topological polar surface area (TPSA) is 26.3 Å². The molecule has 0 saturated heterocycles. The van der Waals surface area contributed by atoms with Crippen LogP contribution in [0.2, 0.25) is 0 Å². The standard InChI is InChI=1S/C4H4Cl4O2/c1-2(5)10-3(9)4(6,7)8/h2H,1H3. The van der Waals surface area contributed by atoms with E-state index in [1.165, 1.54) is 6.92 Å². The molecule has 10 heavy (non-hydrogen) atoms. The summed E-state index contributed by atoms with van der Waals surface area (Å²) in [7, 11) is 0. The van der Waals surface area contributed by atoms with Crippen LogP contribution in [0.15, 0.2) is 0 Å². The molecule has 0 saturated carbocycles. The van der Waals surface area contributed by atoms with E-state index in [1.54, 1.807) is 0 Å². The second-order valence-corrected chi connectivity index (χ2v) is 4.34. The van der Waals surface area contributed by atoms with E-state index in [4.69, 9.17) is 46.4 Å². The minimum Gasteiger partial charge on any atom is -0.443 e. The molecular weight excluding hydrogens is 222 g/mol. The van der Waals surface area contributed by atoms with E-state index in [-0.39, 0.29) is 0 Å². The number of carbonyl (C=O) groups excluding carboxylic acids is 1. The van der Waals surface area contributed by atoms with Crippen LogP contribution in [0.25, 0.3) is 0 Å². The Hall–Kier alpha value is 0.630. The van der Waals surface area contributed by atoms with Crippen LogP contribution in [0, 0.1) is 0 Å². The summed E-state index contributed by atoms with van der Waals surface area (Å²) in [4.78, 5) is 10.6. The highest BCUT2D eigenvalue weighted by Gasteiger charge is 2.33. The van der Waals surface area contributed by atoms with E-state index in [2.05, 4.69) is 4.74 Å². The van der Waals surface area contributed by atoms with Gasteiger partial charge in [-0.05, 0) is 6.92 Å². The molecule has 0 aliphatic carbocycles. The zero-order valence-electron chi connectivity index (χ0n) is 4.91. The summed E-state index contributed by atoms with van der Waals surface area (Å²) in [6.45, 7) is 1.44. The van der Waals surface area contributed by atoms with E-state index < -0.39 is 15.3 Å². The molecule has 0 aliphatic rings. The lowest BCUT2D eigenvalue weighted by molar-refractivity contribution is -0.143. The fourth-order valence-electron chi connectivity index (χ4n) is 0.214. The molecule has 0 spiro atoms. The maximum Gasteiger partial charge on any atom is 0.360 e. The van der Waals surface area contributed by atoms with Crippen molar-refractivity contribution in [2.45, 2.75) is 16.3 Å². The zero-order chi connectivity index (χ0) is 8.36. The SMILES string of the molecule is CC(Cl)OC(=O)C(Cl)(Cl)Cl. The molecule has 6 heteroatoms. The van der Waals surface area contributed by atoms with Crippen LogP contribution in [-0.4, -0.2) is 15.3 Å². The van der Waals surface area contributed by atoms with Gasteiger partial charge in [-0.2, -0.15) is 0 Å². The number of rotatable bonds is 1. The number of hydrogen-bond donors (Lipinski definition) is 0. The Morgan fingerprint density at radius 1 is 1.50 bits per heavy atom. The van der Waals surface area contributed by atoms with Gasteiger partial charge in [0.15, 0.2) is 5.56 Å². The van der Waals surface area contributed by atoms with Gasteiger partial charge in [0, 0.05) is 0 Å². The Morgan fingerprint density at radius 2 is 1.90 bits per heavy atom. The molecule has 0 radical (unpaired) electrons. The lowest BCUT2D eigenvalue weighted by Crippen LogP contribution is -2.24. The van der Waals surface area contributed by atoms with Gasteiger partial charge < -0.3 is 4.74 Å². The van der Waals surface area contributed by atoms with Gasteiger partial charge in [-0.1, -0.05) is 46.4 Å². The lowest BCUT2D eigenvalue weighted by Gasteiger charge is -2.11. The van der Waals surface area contributed by atoms with Gasteiger partial charge in [0.2, 0.25) is 0 Å². The maximum atomic E-state index is 10.6. The van der Waals surface area contributed by atoms with Crippen LogP contribution in [0.3, 0.4) is 0 Å². The number of halogens is 4. The van der Waals surface area contributed by atoms with Crippen LogP contribution >= 0.6 is 46.4 Å². The van der Waals surface area contributed by atoms with E-state index in [1.807, 2.05) is 0 Å². The maximum absolute atomic E-state index is 10.6. The molecule has 0 aliphatic heterocycles. The molecular formula is C4H4Cl4O2. The van der Waals surface area contributed by atoms with Gasteiger partial charge in [-0.25, -0.2) is 4.79 Å². The normalized spacial score (nSPS) is 14.5. The second-order valence-electron chi connectivity index (χ2n) is 1.45. The van der Waals surface area contributed by atoms with Crippen LogP contribution in [0.1, 0.15) is 6.92 Å². The predicted octanol–water partition coefficient (Wildman–Crippen LogP) is 2.48. The largest absolute Gasteiger partial charge is 0.443 e. The van der Waals surface area contributed by atoms with Crippen LogP contribution in [0.5, 0.6) is 0 Å². The summed E-state index contributed by atoms with van der Waals surface area (Å²) < 4.78 is 2.31. The van der Waals surface area contributed by atoms with Gasteiger partial charge in [-0.15, -0.1) is 0 Å². The Morgan fingerprint density at radius 3 is 2.00 bits per heavy atom. The number of alkyl halides is 4. The fraction of sp³-hybridized carbons (Fsp3) is 0.750. The minimum atomic E-state index is -2.04. The highest BCUT2D eigenvalue weighted by atomic mass is 35.6. The van der Waals surface area contributed by atoms with Crippen molar-refractivity contribution in [2.24, 2.45) is 0 Å². The summed E-state index contributed by atoms with van der Waals surface area (Å²) in [6.07, 6.45) is 0. The fourth-order valence-corrected chi connectivity index (χ4v) is 0.429. The van der Waals surface area contributed by atoms with Gasteiger partial charge in [0.25, 0.3) is 3.79 Å². The van der Waals surface area contributed by atoms with Crippen molar-refractivity contribution in [1.29, 1.82) is 0 Å². The van der Waals surface area contributed by atoms with Gasteiger partial charge >= 0.3 is 5.97 Å². The molecule has 0 amide bonds. The summed E-state index contributed by atoms with van der Waals surface area (Å²) in [5, 5.41) is 0. The van der Waals surface area contributed by atoms with Crippen molar-refractivity contribution in [3.05, 3.63) is 0 Å². The number of hydrogen-bond acceptors (Lipinski definition) is 2. The number of ether oxygens (including phenoxy) is 1. The first kappa shape index (κ1) is 10.6. The van der Waals surface area contributed by atoms with Crippen molar-refractivity contribution in [1.82, 2.24) is 0 Å². The van der Waals surface area contributed by atoms with Crippen molar-refractivity contribution < 1.29 is 9.53 Å². The van der Waals surface area contributed by atoms with E-state index in [9.17, 15) is 4.79 Å². The molecule has 0 fully saturated rings. The van der Waals surface area contributed by atoms with Crippen molar-refractivity contribution >= 4 is 52.4 Å². The molecule has 2 nitrogen and oxygen atoms in total. The smallest absolute Gasteiger partial charge is 0.360 e. The highest BCUT2D eigenvalue weighted by molar-refractivity contribution is 6.75. The summed E-state index contributed by atoms with van der Waals surface area (Å²) in [6, 6.07) is 0. The molecule has 0 heterocycles. The highest BCUT2D eigenvalue weighted by Crippen LogP contribution is 2.28. The first-order valence-corrected chi connectivity index (χ1v) is 3.83. The summed E-state index contributed by atoms with van der Waals surface area (Å²) >= 11 is 20.6. The minimum absolute atomic E-state index is 0.789. The van der Waals surface area contributed by atoms with E-state index in [0.29, 0.717) is 0 Å². The predicted molar refractivity (Wildman–Crippen MR) is 41.7 cm³/mol. The number of esters is 1. The van der Waals surface area contributed by atoms with Gasteiger partial charge in [0.05, 0.1) is 0 Å².